The number of anilines is 1. The van der Waals surface area contributed by atoms with Crippen LogP contribution >= 0.6 is 0 Å². The Hall–Kier alpha value is -1.94. The van der Waals surface area contributed by atoms with Gasteiger partial charge in [-0.1, -0.05) is 24.1 Å². The first-order chi connectivity index (χ1) is 10.2. The van der Waals surface area contributed by atoms with Crippen molar-refractivity contribution < 1.29 is 4.79 Å². The number of carbonyl (C=O) groups excluding carboxylic acids is 1. The van der Waals surface area contributed by atoms with Crippen molar-refractivity contribution >= 4 is 11.6 Å². The van der Waals surface area contributed by atoms with Gasteiger partial charge in [-0.15, -0.1) is 0 Å². The standard InChI is InChI=1S/C17H21N3O/c18-16-4-2-1-3-12-11-13(5-6-15(12)16)17(21)20-14-7-9-19-10-8-14/h5,7-11,15-16H,1-4,6,18H2,(H,19,20,21)/t15?,16-/m0/s1. The van der Waals surface area contributed by atoms with E-state index in [2.05, 4.69) is 16.4 Å². The lowest BCUT2D eigenvalue weighted by Gasteiger charge is -2.26. The summed E-state index contributed by atoms with van der Waals surface area (Å²) in [4.78, 5) is 16.3. The van der Waals surface area contributed by atoms with Gasteiger partial charge >= 0.3 is 0 Å². The van der Waals surface area contributed by atoms with E-state index in [1.54, 1.807) is 24.5 Å². The van der Waals surface area contributed by atoms with Crippen LogP contribution in [-0.4, -0.2) is 16.9 Å². The van der Waals surface area contributed by atoms with E-state index in [4.69, 9.17) is 5.73 Å². The maximum atomic E-state index is 12.3. The number of amides is 1. The van der Waals surface area contributed by atoms with Crippen LogP contribution < -0.4 is 11.1 Å². The molecule has 1 amide bonds. The molecule has 0 aliphatic heterocycles. The fourth-order valence-corrected chi connectivity index (χ4v) is 3.19. The van der Waals surface area contributed by atoms with Gasteiger partial charge in [-0.25, -0.2) is 0 Å². The number of nitrogens with two attached hydrogens (primary N) is 1. The molecule has 0 saturated heterocycles. The molecule has 4 nitrogen and oxygen atoms in total. The summed E-state index contributed by atoms with van der Waals surface area (Å²) in [6.45, 7) is 0. The van der Waals surface area contributed by atoms with Crippen LogP contribution in [0.2, 0.25) is 0 Å². The highest BCUT2D eigenvalue weighted by atomic mass is 16.1. The fraction of sp³-hybridized carbons (Fsp3) is 0.412. The van der Waals surface area contributed by atoms with Crippen molar-refractivity contribution in [1.29, 1.82) is 0 Å². The summed E-state index contributed by atoms with van der Waals surface area (Å²) < 4.78 is 0. The van der Waals surface area contributed by atoms with E-state index in [0.717, 1.165) is 30.5 Å². The normalized spacial score (nSPS) is 25.2. The second-order valence-electron chi connectivity index (χ2n) is 5.82. The highest BCUT2D eigenvalue weighted by Gasteiger charge is 2.27. The highest BCUT2D eigenvalue weighted by Crippen LogP contribution is 2.34. The zero-order valence-electron chi connectivity index (χ0n) is 12.1. The van der Waals surface area contributed by atoms with Crippen LogP contribution in [0.1, 0.15) is 32.1 Å². The minimum atomic E-state index is -0.0510. The summed E-state index contributed by atoms with van der Waals surface area (Å²) >= 11 is 0. The van der Waals surface area contributed by atoms with E-state index in [9.17, 15) is 4.79 Å². The van der Waals surface area contributed by atoms with Crippen molar-refractivity contribution in [1.82, 2.24) is 4.98 Å². The summed E-state index contributed by atoms with van der Waals surface area (Å²) in [6.07, 6.45) is 12.8. The largest absolute Gasteiger partial charge is 0.327 e. The third-order valence-corrected chi connectivity index (χ3v) is 4.38. The van der Waals surface area contributed by atoms with Gasteiger partial charge in [0.25, 0.3) is 5.91 Å². The highest BCUT2D eigenvalue weighted by molar-refractivity contribution is 6.06. The number of hydrogen-bond donors (Lipinski definition) is 2. The molecule has 2 aliphatic carbocycles. The first-order valence-corrected chi connectivity index (χ1v) is 7.61. The van der Waals surface area contributed by atoms with Crippen LogP contribution in [-0.2, 0) is 4.79 Å². The van der Waals surface area contributed by atoms with Crippen LogP contribution in [0.25, 0.3) is 0 Å². The fourth-order valence-electron chi connectivity index (χ4n) is 3.19. The number of rotatable bonds is 2. The summed E-state index contributed by atoms with van der Waals surface area (Å²) in [6, 6.07) is 3.82. The molecule has 1 saturated carbocycles. The average Bonchev–Trinajstić information content (AvgIpc) is 2.70. The van der Waals surface area contributed by atoms with E-state index in [1.165, 1.54) is 18.4 Å². The Labute approximate surface area is 125 Å². The van der Waals surface area contributed by atoms with Gasteiger partial charge in [0, 0.05) is 29.7 Å². The van der Waals surface area contributed by atoms with Gasteiger partial charge in [0.05, 0.1) is 0 Å². The summed E-state index contributed by atoms with van der Waals surface area (Å²) in [5.41, 5.74) is 9.14. The van der Waals surface area contributed by atoms with Gasteiger partial charge in [0.1, 0.15) is 0 Å². The maximum Gasteiger partial charge on any atom is 0.255 e. The van der Waals surface area contributed by atoms with Crippen LogP contribution in [0.4, 0.5) is 5.69 Å². The van der Waals surface area contributed by atoms with Gasteiger partial charge in [0.15, 0.2) is 0 Å². The Morgan fingerprint density at radius 1 is 1.29 bits per heavy atom. The van der Waals surface area contributed by atoms with E-state index < -0.39 is 0 Å². The van der Waals surface area contributed by atoms with Crippen molar-refractivity contribution in [2.45, 2.75) is 38.1 Å². The maximum absolute atomic E-state index is 12.3. The number of pyridine rings is 1. The zero-order valence-corrected chi connectivity index (χ0v) is 12.1. The second kappa shape index (κ2) is 6.22. The molecule has 2 atom stereocenters. The zero-order chi connectivity index (χ0) is 14.7. The Morgan fingerprint density at radius 2 is 2.10 bits per heavy atom. The number of aromatic nitrogens is 1. The van der Waals surface area contributed by atoms with Crippen molar-refractivity contribution in [2.24, 2.45) is 11.7 Å². The molecule has 3 rings (SSSR count). The average molecular weight is 283 g/mol. The molecule has 1 fully saturated rings. The third-order valence-electron chi connectivity index (χ3n) is 4.38. The number of hydrogen-bond acceptors (Lipinski definition) is 3. The molecule has 3 N–H and O–H groups in total. The molecule has 0 aromatic carbocycles. The molecule has 0 bridgehead atoms. The van der Waals surface area contributed by atoms with Gasteiger partial charge in [-0.2, -0.15) is 0 Å². The molecule has 21 heavy (non-hydrogen) atoms. The molecule has 1 aromatic heterocycles. The van der Waals surface area contributed by atoms with Crippen LogP contribution in [0, 0.1) is 5.92 Å². The smallest absolute Gasteiger partial charge is 0.255 e. The van der Waals surface area contributed by atoms with Gasteiger partial charge < -0.3 is 11.1 Å². The number of allylic oxidation sites excluding steroid dienone is 1. The molecular weight excluding hydrogens is 262 g/mol. The Bertz CT molecular complexity index is 577. The molecule has 1 unspecified atom stereocenters. The number of nitrogens with one attached hydrogen (secondary N) is 1. The predicted octanol–water partition coefficient (Wildman–Crippen LogP) is 2.79. The Balaban J connectivity index is 1.73. The van der Waals surface area contributed by atoms with Crippen molar-refractivity contribution in [3.05, 3.63) is 47.8 Å². The molecule has 1 aromatic rings. The van der Waals surface area contributed by atoms with Crippen molar-refractivity contribution in [3.63, 3.8) is 0 Å². The van der Waals surface area contributed by atoms with Gasteiger partial charge in [-0.3, -0.25) is 9.78 Å². The van der Waals surface area contributed by atoms with Crippen molar-refractivity contribution in [3.8, 4) is 0 Å². The number of carbonyl (C=O) groups is 1. The molecule has 2 aliphatic rings. The summed E-state index contributed by atoms with van der Waals surface area (Å²) in [5, 5.41) is 2.91. The van der Waals surface area contributed by atoms with E-state index in [-0.39, 0.29) is 11.9 Å². The molecule has 0 spiro atoms. The lowest BCUT2D eigenvalue weighted by Crippen LogP contribution is -2.31. The molecular formula is C17H21N3O. The second-order valence-corrected chi connectivity index (χ2v) is 5.82. The van der Waals surface area contributed by atoms with E-state index in [1.807, 2.05) is 6.08 Å². The number of fused-ring (bicyclic) bond motifs is 1. The minimum Gasteiger partial charge on any atom is -0.327 e. The summed E-state index contributed by atoms with van der Waals surface area (Å²) in [7, 11) is 0. The lowest BCUT2D eigenvalue weighted by atomic mass is 9.82. The molecule has 1 heterocycles. The molecule has 4 heteroatoms. The predicted molar refractivity (Wildman–Crippen MR) is 83.6 cm³/mol. The summed E-state index contributed by atoms with van der Waals surface area (Å²) in [5.74, 6) is 0.370. The molecule has 110 valence electrons. The van der Waals surface area contributed by atoms with Crippen LogP contribution in [0.3, 0.4) is 0 Å². The topological polar surface area (TPSA) is 68.0 Å². The van der Waals surface area contributed by atoms with E-state index in [0.29, 0.717) is 5.92 Å². The first-order valence-electron chi connectivity index (χ1n) is 7.61. The van der Waals surface area contributed by atoms with Crippen molar-refractivity contribution in [2.75, 3.05) is 5.32 Å². The van der Waals surface area contributed by atoms with Gasteiger partial charge in [-0.05, 0) is 43.7 Å². The monoisotopic (exact) mass is 283 g/mol. The SMILES string of the molecule is N[C@H]1CCCCC2=CC(C(=O)Nc3ccncc3)=CCC21. The quantitative estimate of drug-likeness (QED) is 0.877. The molecule has 0 radical (unpaired) electrons. The Morgan fingerprint density at radius 3 is 2.90 bits per heavy atom. The first kappa shape index (κ1) is 14.0. The van der Waals surface area contributed by atoms with Crippen LogP contribution in [0.5, 0.6) is 0 Å². The number of nitrogens with zero attached hydrogens (tertiary/aromatic N) is 1. The van der Waals surface area contributed by atoms with Gasteiger partial charge in [0.2, 0.25) is 0 Å². The van der Waals surface area contributed by atoms with E-state index >= 15 is 0 Å². The Kier molecular flexibility index (Phi) is 4.15. The third kappa shape index (κ3) is 3.22. The minimum absolute atomic E-state index is 0.0510. The lowest BCUT2D eigenvalue weighted by molar-refractivity contribution is -0.112. The van der Waals surface area contributed by atoms with Crippen LogP contribution in [0.15, 0.2) is 47.8 Å².